The number of phenols is 2. The first kappa shape index (κ1) is 30.9. The van der Waals surface area contributed by atoms with Gasteiger partial charge in [0.2, 0.25) is 0 Å². The van der Waals surface area contributed by atoms with Crippen LogP contribution in [0.5, 0.6) is 11.5 Å². The average molecular weight is 633 g/mol. The van der Waals surface area contributed by atoms with E-state index in [9.17, 15) is 19.0 Å². The van der Waals surface area contributed by atoms with E-state index >= 15 is 0 Å². The lowest BCUT2D eigenvalue weighted by Crippen LogP contribution is -1.93. The molecule has 236 valence electrons. The first-order chi connectivity index (χ1) is 23.4. The van der Waals surface area contributed by atoms with Crippen molar-refractivity contribution in [1.82, 2.24) is 0 Å². The van der Waals surface area contributed by atoms with Crippen LogP contribution in [0.4, 0.5) is 8.78 Å². The zero-order valence-electron chi connectivity index (χ0n) is 26.3. The number of benzene rings is 6. The highest BCUT2D eigenvalue weighted by Gasteiger charge is 2.20. The highest BCUT2D eigenvalue weighted by atomic mass is 19.1. The topological polar surface area (TPSA) is 40.5 Å². The van der Waals surface area contributed by atoms with Crippen molar-refractivity contribution >= 4 is 23.3 Å². The van der Waals surface area contributed by atoms with Gasteiger partial charge in [0, 0.05) is 0 Å². The van der Waals surface area contributed by atoms with E-state index in [4.69, 9.17) is 0 Å². The molecule has 0 unspecified atom stereocenters. The van der Waals surface area contributed by atoms with E-state index in [2.05, 4.69) is 36.4 Å². The summed E-state index contributed by atoms with van der Waals surface area (Å²) in [6, 6.07) is 41.1. The summed E-state index contributed by atoms with van der Waals surface area (Å²) in [6.45, 7) is 0. The van der Waals surface area contributed by atoms with Crippen LogP contribution in [0.15, 0.2) is 133 Å². The van der Waals surface area contributed by atoms with Gasteiger partial charge in [0.25, 0.3) is 0 Å². The van der Waals surface area contributed by atoms with E-state index in [-0.39, 0.29) is 23.1 Å². The zero-order valence-corrected chi connectivity index (χ0v) is 26.3. The molecule has 0 spiro atoms. The van der Waals surface area contributed by atoms with Crippen molar-refractivity contribution in [2.75, 3.05) is 0 Å². The molecule has 0 aliphatic heterocycles. The van der Waals surface area contributed by atoms with Crippen LogP contribution in [0.1, 0.15) is 55.6 Å². The Morgan fingerprint density at radius 3 is 1.23 bits per heavy atom. The number of hydrogen-bond acceptors (Lipinski definition) is 2. The van der Waals surface area contributed by atoms with Gasteiger partial charge in [0.15, 0.2) is 0 Å². The smallest absolute Gasteiger partial charge is 0.123 e. The Balaban J connectivity index is 0.000000152. The van der Waals surface area contributed by atoms with E-state index in [1.54, 1.807) is 36.4 Å². The standard InChI is InChI=1S/2C22H17FO/c2*23-18-10-11-21-17(14-18)9-8-16-5-1-2-7-20(16)22(21)13-15-4-3-6-19(24)12-15/h2*1-7,10-14,24H,8-9H2/b22-13+;22-13-. The SMILES string of the molecule is Oc1cccc(/C=C2/c3ccccc3CCc3cc(F)ccc32)c1.Oc1cccc(/C=C2\c3ccccc3CCc3cc(F)ccc32)c1. The zero-order chi connectivity index (χ0) is 33.0. The summed E-state index contributed by atoms with van der Waals surface area (Å²) in [5, 5.41) is 19.5. The minimum Gasteiger partial charge on any atom is -0.508 e. The molecule has 2 nitrogen and oxygen atoms in total. The van der Waals surface area contributed by atoms with Gasteiger partial charge in [-0.25, -0.2) is 8.78 Å². The van der Waals surface area contributed by atoms with Gasteiger partial charge in [-0.1, -0.05) is 84.9 Å². The van der Waals surface area contributed by atoms with E-state index in [1.165, 1.54) is 34.4 Å². The summed E-state index contributed by atoms with van der Waals surface area (Å²) in [4.78, 5) is 0. The fourth-order valence-electron chi connectivity index (χ4n) is 6.77. The van der Waals surface area contributed by atoms with Crippen molar-refractivity contribution in [2.24, 2.45) is 0 Å². The van der Waals surface area contributed by atoms with Crippen LogP contribution in [0, 0.1) is 11.6 Å². The molecule has 2 N–H and O–H groups in total. The maximum atomic E-state index is 13.7. The molecular weight excluding hydrogens is 598 g/mol. The molecule has 0 heterocycles. The number of phenolic OH excluding ortho intramolecular Hbond substituents is 2. The Kier molecular flexibility index (Phi) is 8.72. The van der Waals surface area contributed by atoms with Gasteiger partial charge in [-0.05, 0) is 153 Å². The molecule has 0 saturated carbocycles. The summed E-state index contributed by atoms with van der Waals surface area (Å²) >= 11 is 0. The van der Waals surface area contributed by atoms with Crippen LogP contribution in [-0.2, 0) is 25.7 Å². The molecule has 0 radical (unpaired) electrons. The van der Waals surface area contributed by atoms with E-state index in [1.807, 2.05) is 60.7 Å². The second kappa shape index (κ2) is 13.5. The number of fused-ring (bicyclic) bond motifs is 4. The van der Waals surface area contributed by atoms with E-state index in [0.29, 0.717) is 0 Å². The molecule has 0 saturated heterocycles. The van der Waals surface area contributed by atoms with Gasteiger partial charge in [-0.3, -0.25) is 0 Å². The number of rotatable bonds is 2. The molecule has 6 aromatic carbocycles. The number of aryl methyl sites for hydroxylation is 4. The lowest BCUT2D eigenvalue weighted by atomic mass is 9.92. The molecule has 6 aromatic rings. The van der Waals surface area contributed by atoms with Crippen LogP contribution in [-0.4, -0.2) is 10.2 Å². The largest absolute Gasteiger partial charge is 0.508 e. The second-order valence-electron chi connectivity index (χ2n) is 12.2. The normalized spacial score (nSPS) is 14.8. The van der Waals surface area contributed by atoms with Crippen molar-refractivity contribution in [3.05, 3.63) is 201 Å². The molecule has 2 aliphatic rings. The van der Waals surface area contributed by atoms with Crippen molar-refractivity contribution in [3.8, 4) is 11.5 Å². The van der Waals surface area contributed by atoms with Gasteiger partial charge in [-0.2, -0.15) is 0 Å². The molecule has 0 fully saturated rings. The Morgan fingerprint density at radius 2 is 0.792 bits per heavy atom. The summed E-state index contributed by atoms with van der Waals surface area (Å²) < 4.78 is 27.4. The van der Waals surface area contributed by atoms with Gasteiger partial charge in [0.05, 0.1) is 0 Å². The van der Waals surface area contributed by atoms with Gasteiger partial charge in [-0.15, -0.1) is 0 Å². The van der Waals surface area contributed by atoms with E-state index in [0.717, 1.165) is 70.2 Å². The van der Waals surface area contributed by atoms with Crippen molar-refractivity contribution in [2.45, 2.75) is 25.7 Å². The Hall–Kier alpha value is -5.74. The monoisotopic (exact) mass is 632 g/mol. The average Bonchev–Trinajstić information content (AvgIpc) is 3.33. The summed E-state index contributed by atoms with van der Waals surface area (Å²) in [5.74, 6) is 0.0870. The van der Waals surface area contributed by atoms with Crippen LogP contribution in [0.25, 0.3) is 23.3 Å². The molecule has 8 rings (SSSR count). The van der Waals surface area contributed by atoms with Gasteiger partial charge >= 0.3 is 0 Å². The van der Waals surface area contributed by atoms with Crippen molar-refractivity contribution in [3.63, 3.8) is 0 Å². The third-order valence-corrected chi connectivity index (χ3v) is 9.02. The third-order valence-electron chi connectivity index (χ3n) is 9.02. The molecule has 0 atom stereocenters. The molecule has 0 bridgehead atoms. The first-order valence-electron chi connectivity index (χ1n) is 16.2. The Bertz CT molecular complexity index is 2040. The lowest BCUT2D eigenvalue weighted by Gasteiger charge is -2.12. The van der Waals surface area contributed by atoms with Crippen LogP contribution < -0.4 is 0 Å². The predicted octanol–water partition coefficient (Wildman–Crippen LogP) is 10.4. The maximum absolute atomic E-state index is 13.7. The molecular formula is C44H34F2O2. The maximum Gasteiger partial charge on any atom is 0.123 e. The highest BCUT2D eigenvalue weighted by molar-refractivity contribution is 5.95. The minimum atomic E-state index is -0.198. The number of aromatic hydroxyl groups is 2. The molecule has 0 amide bonds. The quantitative estimate of drug-likeness (QED) is 0.199. The molecule has 48 heavy (non-hydrogen) atoms. The van der Waals surface area contributed by atoms with Crippen LogP contribution >= 0.6 is 0 Å². The van der Waals surface area contributed by atoms with Gasteiger partial charge in [0.1, 0.15) is 23.1 Å². The lowest BCUT2D eigenvalue weighted by molar-refractivity contribution is 0.474. The van der Waals surface area contributed by atoms with Crippen LogP contribution in [0.2, 0.25) is 0 Å². The van der Waals surface area contributed by atoms with E-state index < -0.39 is 0 Å². The second-order valence-corrected chi connectivity index (χ2v) is 12.2. The fourth-order valence-corrected chi connectivity index (χ4v) is 6.77. The van der Waals surface area contributed by atoms with Crippen molar-refractivity contribution in [1.29, 1.82) is 0 Å². The minimum absolute atomic E-state index is 0.198. The van der Waals surface area contributed by atoms with Gasteiger partial charge < -0.3 is 10.2 Å². The number of halogens is 2. The predicted molar refractivity (Wildman–Crippen MR) is 191 cm³/mol. The highest BCUT2D eigenvalue weighted by Crippen LogP contribution is 2.37. The molecule has 2 aliphatic carbocycles. The first-order valence-corrected chi connectivity index (χ1v) is 16.2. The number of hydrogen-bond donors (Lipinski definition) is 2. The van der Waals surface area contributed by atoms with Crippen LogP contribution in [0.3, 0.4) is 0 Å². The van der Waals surface area contributed by atoms with Crippen molar-refractivity contribution < 1.29 is 19.0 Å². The summed E-state index contributed by atoms with van der Waals surface area (Å²) in [6.07, 6.45) is 7.57. The molecule has 4 heteroatoms. The Morgan fingerprint density at radius 1 is 0.396 bits per heavy atom. The summed E-state index contributed by atoms with van der Waals surface area (Å²) in [5.41, 5.74) is 13.0. The summed E-state index contributed by atoms with van der Waals surface area (Å²) in [7, 11) is 0. The Labute approximate surface area is 279 Å². The fraction of sp³-hybridized carbons (Fsp3) is 0.0909. The molecule has 0 aromatic heterocycles. The third kappa shape index (κ3) is 6.70.